The summed E-state index contributed by atoms with van der Waals surface area (Å²) in [6, 6.07) is 0. The molecule has 1 N–H and O–H groups in total. The third-order valence-corrected chi connectivity index (χ3v) is 5.00. The number of aliphatic hydroxyl groups is 1. The first-order chi connectivity index (χ1) is 8.91. The Labute approximate surface area is 111 Å². The van der Waals surface area contributed by atoms with Crippen molar-refractivity contribution in [3.63, 3.8) is 0 Å². The Kier molecular flexibility index (Phi) is 1.82. The van der Waals surface area contributed by atoms with Crippen molar-refractivity contribution in [3.8, 4) is 0 Å². The van der Waals surface area contributed by atoms with Gasteiger partial charge in [-0.2, -0.15) is 0 Å². The Balaban J connectivity index is 2.01. The van der Waals surface area contributed by atoms with Crippen LogP contribution in [0, 0.1) is 5.92 Å². The standard InChI is InChI=1S/C15H16O4/c1-7-4-12(16)15-8(2)6-14(19-15)11(5-10(7)15)9(3)13(17)18-14/h4-5,8,12,16H,6H2,1-3H3/t8-,12-,14-,15+/m1/s1. The number of carbonyl (C=O) groups is 1. The molecule has 19 heavy (non-hydrogen) atoms. The summed E-state index contributed by atoms with van der Waals surface area (Å²) < 4.78 is 11.7. The number of hydrogen-bond acceptors (Lipinski definition) is 4. The minimum atomic E-state index is -0.969. The number of aliphatic hydroxyl groups excluding tert-OH is 1. The van der Waals surface area contributed by atoms with Gasteiger partial charge in [-0.05, 0) is 43.1 Å². The van der Waals surface area contributed by atoms with Gasteiger partial charge in [-0.3, -0.25) is 0 Å². The van der Waals surface area contributed by atoms with E-state index in [1.165, 1.54) is 0 Å². The average molecular weight is 260 g/mol. The highest BCUT2D eigenvalue weighted by atomic mass is 16.7. The average Bonchev–Trinajstić information content (AvgIpc) is 2.82. The van der Waals surface area contributed by atoms with Gasteiger partial charge in [0.15, 0.2) is 0 Å². The van der Waals surface area contributed by atoms with Crippen LogP contribution in [0.25, 0.3) is 0 Å². The van der Waals surface area contributed by atoms with E-state index in [2.05, 4.69) is 0 Å². The van der Waals surface area contributed by atoms with Crippen molar-refractivity contribution in [1.82, 2.24) is 0 Å². The molecule has 1 saturated heterocycles. The van der Waals surface area contributed by atoms with Crippen molar-refractivity contribution >= 4 is 5.97 Å². The molecule has 1 aliphatic carbocycles. The lowest BCUT2D eigenvalue weighted by atomic mass is 9.81. The Hall–Kier alpha value is -1.39. The van der Waals surface area contributed by atoms with Crippen LogP contribution in [0.1, 0.15) is 27.2 Å². The van der Waals surface area contributed by atoms with E-state index in [-0.39, 0.29) is 11.9 Å². The molecule has 2 spiro atoms. The van der Waals surface area contributed by atoms with Crippen molar-refractivity contribution in [2.45, 2.75) is 44.7 Å². The van der Waals surface area contributed by atoms with Crippen LogP contribution in [0.3, 0.4) is 0 Å². The van der Waals surface area contributed by atoms with Gasteiger partial charge in [0, 0.05) is 17.6 Å². The van der Waals surface area contributed by atoms with E-state index in [0.29, 0.717) is 12.0 Å². The number of esters is 1. The molecule has 4 rings (SSSR count). The second kappa shape index (κ2) is 3.02. The van der Waals surface area contributed by atoms with E-state index in [0.717, 1.165) is 16.7 Å². The van der Waals surface area contributed by atoms with E-state index in [9.17, 15) is 9.90 Å². The van der Waals surface area contributed by atoms with Crippen LogP contribution in [0.5, 0.6) is 0 Å². The number of hydrogen-bond donors (Lipinski definition) is 1. The maximum atomic E-state index is 11.8. The zero-order chi connectivity index (χ0) is 13.6. The largest absolute Gasteiger partial charge is 0.425 e. The molecule has 4 heteroatoms. The summed E-state index contributed by atoms with van der Waals surface area (Å²) in [5.41, 5.74) is 2.72. The highest BCUT2D eigenvalue weighted by molar-refractivity contribution is 5.93. The minimum Gasteiger partial charge on any atom is -0.425 e. The zero-order valence-corrected chi connectivity index (χ0v) is 11.2. The van der Waals surface area contributed by atoms with Crippen molar-refractivity contribution in [2.24, 2.45) is 5.92 Å². The van der Waals surface area contributed by atoms with E-state index in [1.54, 1.807) is 6.92 Å². The first-order valence-corrected chi connectivity index (χ1v) is 6.64. The van der Waals surface area contributed by atoms with E-state index >= 15 is 0 Å². The first kappa shape index (κ1) is 11.4. The third kappa shape index (κ3) is 1.03. The zero-order valence-electron chi connectivity index (χ0n) is 11.2. The molecule has 0 radical (unpaired) electrons. The molecule has 4 atom stereocenters. The fraction of sp³-hybridized carbons (Fsp3) is 0.533. The molecule has 0 aromatic rings. The van der Waals surface area contributed by atoms with Crippen LogP contribution in [0.15, 0.2) is 34.4 Å². The second-order valence-electron chi connectivity index (χ2n) is 6.03. The maximum absolute atomic E-state index is 11.8. The van der Waals surface area contributed by atoms with Gasteiger partial charge < -0.3 is 14.6 Å². The van der Waals surface area contributed by atoms with Gasteiger partial charge in [0.1, 0.15) is 11.7 Å². The van der Waals surface area contributed by atoms with Crippen LogP contribution >= 0.6 is 0 Å². The Bertz CT molecular complexity index is 612. The van der Waals surface area contributed by atoms with Gasteiger partial charge in [0.2, 0.25) is 5.79 Å². The van der Waals surface area contributed by atoms with Crippen molar-refractivity contribution in [3.05, 3.63) is 34.4 Å². The molecular weight excluding hydrogens is 244 g/mol. The second-order valence-corrected chi connectivity index (χ2v) is 6.03. The molecule has 0 saturated carbocycles. The number of rotatable bonds is 0. The van der Waals surface area contributed by atoms with Crippen LogP contribution < -0.4 is 0 Å². The minimum absolute atomic E-state index is 0.0960. The third-order valence-electron chi connectivity index (χ3n) is 5.00. The molecule has 100 valence electrons. The Morgan fingerprint density at radius 3 is 2.89 bits per heavy atom. The van der Waals surface area contributed by atoms with Crippen LogP contribution in [-0.2, 0) is 14.3 Å². The summed E-state index contributed by atoms with van der Waals surface area (Å²) in [6.45, 7) is 5.79. The molecule has 3 aliphatic heterocycles. The van der Waals surface area contributed by atoms with E-state index < -0.39 is 17.5 Å². The highest BCUT2D eigenvalue weighted by Gasteiger charge is 2.68. The molecule has 3 heterocycles. The summed E-state index contributed by atoms with van der Waals surface area (Å²) in [5.74, 6) is -1.19. The monoisotopic (exact) mass is 260 g/mol. The first-order valence-electron chi connectivity index (χ1n) is 6.64. The predicted octanol–water partition coefficient (Wildman–Crippen LogP) is 1.61. The molecular formula is C15H16O4. The van der Waals surface area contributed by atoms with Gasteiger partial charge >= 0.3 is 5.97 Å². The molecule has 4 aliphatic rings. The quantitative estimate of drug-likeness (QED) is 0.672. The summed E-state index contributed by atoms with van der Waals surface area (Å²) >= 11 is 0. The number of ether oxygens (including phenoxy) is 2. The molecule has 0 aromatic heterocycles. The highest BCUT2D eigenvalue weighted by Crippen LogP contribution is 2.61. The Morgan fingerprint density at radius 1 is 1.42 bits per heavy atom. The molecule has 0 amide bonds. The predicted molar refractivity (Wildman–Crippen MR) is 67.0 cm³/mol. The van der Waals surface area contributed by atoms with Gasteiger partial charge in [-0.1, -0.05) is 6.92 Å². The summed E-state index contributed by atoms with van der Waals surface area (Å²) in [7, 11) is 0. The van der Waals surface area contributed by atoms with Crippen LogP contribution in [-0.4, -0.2) is 28.6 Å². The summed E-state index contributed by atoms with van der Waals surface area (Å²) in [6.07, 6.45) is 3.76. The normalized spacial score (nSPS) is 46.8. The van der Waals surface area contributed by atoms with Gasteiger partial charge in [-0.15, -0.1) is 0 Å². The summed E-state index contributed by atoms with van der Waals surface area (Å²) in [4.78, 5) is 11.8. The van der Waals surface area contributed by atoms with Crippen LogP contribution in [0.4, 0.5) is 0 Å². The molecule has 4 nitrogen and oxygen atoms in total. The fourth-order valence-corrected chi connectivity index (χ4v) is 4.05. The lowest BCUT2D eigenvalue weighted by molar-refractivity contribution is -0.222. The van der Waals surface area contributed by atoms with E-state index in [1.807, 2.05) is 26.0 Å². The lowest BCUT2D eigenvalue weighted by Crippen LogP contribution is -2.48. The molecule has 2 bridgehead atoms. The lowest BCUT2D eigenvalue weighted by Gasteiger charge is -2.39. The SMILES string of the molecule is CC1=C[C@@H](O)[C@]23O[C@@]4(C[C@H]2C)OC(=O)C(C)=C4C=C13. The van der Waals surface area contributed by atoms with Crippen molar-refractivity contribution < 1.29 is 19.4 Å². The maximum Gasteiger partial charge on any atom is 0.337 e. The van der Waals surface area contributed by atoms with Gasteiger partial charge in [0.05, 0.1) is 0 Å². The number of carbonyl (C=O) groups excluding carboxylic acids is 1. The fourth-order valence-electron chi connectivity index (χ4n) is 4.05. The molecule has 0 aromatic carbocycles. The van der Waals surface area contributed by atoms with Gasteiger partial charge in [0.25, 0.3) is 0 Å². The van der Waals surface area contributed by atoms with Gasteiger partial charge in [-0.25, -0.2) is 4.79 Å². The smallest absolute Gasteiger partial charge is 0.337 e. The van der Waals surface area contributed by atoms with Crippen molar-refractivity contribution in [1.29, 1.82) is 0 Å². The Morgan fingerprint density at radius 2 is 2.16 bits per heavy atom. The van der Waals surface area contributed by atoms with Crippen LogP contribution in [0.2, 0.25) is 0 Å². The molecule has 1 fully saturated rings. The molecule has 0 unspecified atom stereocenters. The topological polar surface area (TPSA) is 55.8 Å². The summed E-state index contributed by atoms with van der Waals surface area (Å²) in [5, 5.41) is 10.4. The van der Waals surface area contributed by atoms with Crippen molar-refractivity contribution in [2.75, 3.05) is 0 Å². The van der Waals surface area contributed by atoms with E-state index in [4.69, 9.17) is 9.47 Å².